The number of halogens is 1. The first-order valence-corrected chi connectivity index (χ1v) is 9.29. The fourth-order valence-corrected chi connectivity index (χ4v) is 2.59. The highest BCUT2D eigenvalue weighted by Crippen LogP contribution is 2.19. The summed E-state index contributed by atoms with van der Waals surface area (Å²) in [5.74, 6) is 2.05. The number of guanidine groups is 1. The molecule has 2 heterocycles. The highest BCUT2D eigenvalue weighted by atomic mass is 35.5. The zero-order valence-electron chi connectivity index (χ0n) is 15.5. The van der Waals surface area contributed by atoms with Crippen molar-refractivity contribution < 1.29 is 9.26 Å². The van der Waals surface area contributed by atoms with Crippen molar-refractivity contribution in [1.82, 2.24) is 20.8 Å². The maximum atomic E-state index is 6.02. The van der Waals surface area contributed by atoms with Gasteiger partial charge < -0.3 is 19.9 Å². The molecule has 0 saturated heterocycles. The summed E-state index contributed by atoms with van der Waals surface area (Å²) in [6.45, 7) is 8.43. The summed E-state index contributed by atoms with van der Waals surface area (Å²) in [7, 11) is 0. The Morgan fingerprint density at radius 2 is 2.12 bits per heavy atom. The minimum absolute atomic E-state index is 0.425. The summed E-state index contributed by atoms with van der Waals surface area (Å²) in [6, 6.07) is 3.52. The molecule has 0 aliphatic carbocycles. The van der Waals surface area contributed by atoms with Crippen LogP contribution in [0.3, 0.4) is 0 Å². The molecule has 7 nitrogen and oxygen atoms in total. The van der Waals surface area contributed by atoms with Crippen LogP contribution >= 0.6 is 11.6 Å². The van der Waals surface area contributed by atoms with Crippen molar-refractivity contribution >= 4 is 17.6 Å². The molecule has 0 bridgehead atoms. The van der Waals surface area contributed by atoms with E-state index in [4.69, 9.17) is 20.9 Å². The molecule has 8 heteroatoms. The fraction of sp³-hybridized carbons (Fsp3) is 0.500. The largest absolute Gasteiger partial charge is 0.475 e. The normalized spacial score (nSPS) is 11.5. The molecular weight excluding hydrogens is 354 g/mol. The van der Waals surface area contributed by atoms with Gasteiger partial charge in [-0.15, -0.1) is 0 Å². The molecule has 142 valence electrons. The van der Waals surface area contributed by atoms with E-state index in [0.717, 1.165) is 36.4 Å². The SMILES string of the molecule is CCNC(=NCc1c(CC)noc1CC)NCCOc1ncccc1Cl. The monoisotopic (exact) mass is 379 g/mol. The van der Waals surface area contributed by atoms with Gasteiger partial charge in [-0.1, -0.05) is 30.6 Å². The smallest absolute Gasteiger partial charge is 0.232 e. The van der Waals surface area contributed by atoms with E-state index in [-0.39, 0.29) is 0 Å². The van der Waals surface area contributed by atoms with Gasteiger partial charge in [0.25, 0.3) is 0 Å². The quantitative estimate of drug-likeness (QED) is 0.396. The van der Waals surface area contributed by atoms with Crippen molar-refractivity contribution in [3.8, 4) is 5.88 Å². The first-order chi connectivity index (χ1) is 12.7. The topological polar surface area (TPSA) is 84.6 Å². The lowest BCUT2D eigenvalue weighted by Gasteiger charge is -2.12. The van der Waals surface area contributed by atoms with Crippen LogP contribution in [0.2, 0.25) is 5.02 Å². The molecule has 2 aromatic heterocycles. The van der Waals surface area contributed by atoms with E-state index in [0.29, 0.717) is 36.6 Å². The second-order valence-corrected chi connectivity index (χ2v) is 5.91. The van der Waals surface area contributed by atoms with Crippen molar-refractivity contribution in [3.05, 3.63) is 40.4 Å². The van der Waals surface area contributed by atoms with Crippen molar-refractivity contribution in [3.63, 3.8) is 0 Å². The lowest BCUT2D eigenvalue weighted by molar-refractivity contribution is 0.310. The number of hydrogen-bond acceptors (Lipinski definition) is 5. The van der Waals surface area contributed by atoms with Crippen LogP contribution < -0.4 is 15.4 Å². The van der Waals surface area contributed by atoms with Gasteiger partial charge in [0.2, 0.25) is 5.88 Å². The number of hydrogen-bond donors (Lipinski definition) is 2. The Morgan fingerprint density at radius 1 is 1.27 bits per heavy atom. The lowest BCUT2D eigenvalue weighted by Crippen LogP contribution is -2.39. The Kier molecular flexibility index (Phi) is 8.21. The Morgan fingerprint density at radius 3 is 2.81 bits per heavy atom. The standard InChI is InChI=1S/C18H26ClN5O2/c1-4-15-13(16(5-2)26-24-15)12-23-18(20-6-3)22-10-11-25-17-14(19)8-7-9-21-17/h7-9H,4-6,10-12H2,1-3H3,(H2,20,22,23). The molecule has 2 rings (SSSR count). The molecule has 0 atom stereocenters. The molecule has 0 unspecified atom stereocenters. The summed E-state index contributed by atoms with van der Waals surface area (Å²) < 4.78 is 11.0. The number of ether oxygens (including phenoxy) is 1. The Hall–Kier alpha value is -2.28. The summed E-state index contributed by atoms with van der Waals surface area (Å²) >= 11 is 6.02. The number of nitrogens with zero attached hydrogens (tertiary/aromatic N) is 3. The van der Waals surface area contributed by atoms with Gasteiger partial charge in [-0.05, 0) is 25.5 Å². The summed E-state index contributed by atoms with van der Waals surface area (Å²) in [4.78, 5) is 8.73. The van der Waals surface area contributed by atoms with Gasteiger partial charge in [0, 0.05) is 24.7 Å². The first-order valence-electron chi connectivity index (χ1n) is 8.91. The van der Waals surface area contributed by atoms with Crippen molar-refractivity contribution in [2.24, 2.45) is 4.99 Å². The molecule has 2 aromatic rings. The summed E-state index contributed by atoms with van der Waals surface area (Å²) in [6.07, 6.45) is 3.28. The zero-order chi connectivity index (χ0) is 18.8. The maximum absolute atomic E-state index is 6.02. The third-order valence-corrected chi connectivity index (χ3v) is 3.99. The molecular formula is C18H26ClN5O2. The van der Waals surface area contributed by atoms with Gasteiger partial charge in [0.05, 0.1) is 18.8 Å². The van der Waals surface area contributed by atoms with Crippen LogP contribution in [0, 0.1) is 0 Å². The number of pyridine rings is 1. The highest BCUT2D eigenvalue weighted by Gasteiger charge is 2.13. The van der Waals surface area contributed by atoms with Gasteiger partial charge in [-0.3, -0.25) is 0 Å². The second-order valence-electron chi connectivity index (χ2n) is 5.50. The molecule has 0 radical (unpaired) electrons. The Balaban J connectivity index is 1.90. The van der Waals surface area contributed by atoms with Crippen LogP contribution in [0.25, 0.3) is 0 Å². The maximum Gasteiger partial charge on any atom is 0.232 e. The van der Waals surface area contributed by atoms with Crippen molar-refractivity contribution in [2.45, 2.75) is 40.2 Å². The number of aryl methyl sites for hydroxylation is 2. The van der Waals surface area contributed by atoms with Crippen LogP contribution in [0.4, 0.5) is 0 Å². The van der Waals surface area contributed by atoms with E-state index in [1.54, 1.807) is 18.3 Å². The van der Waals surface area contributed by atoms with Crippen molar-refractivity contribution in [1.29, 1.82) is 0 Å². The zero-order valence-corrected chi connectivity index (χ0v) is 16.3. The summed E-state index contributed by atoms with van der Waals surface area (Å²) in [5, 5.41) is 11.1. The average molecular weight is 380 g/mol. The van der Waals surface area contributed by atoms with Crippen molar-refractivity contribution in [2.75, 3.05) is 19.7 Å². The van der Waals surface area contributed by atoms with E-state index in [2.05, 4.69) is 39.6 Å². The molecule has 0 aliphatic rings. The van der Waals surface area contributed by atoms with E-state index >= 15 is 0 Å². The molecule has 0 aliphatic heterocycles. The van der Waals surface area contributed by atoms with Gasteiger partial charge in [0.15, 0.2) is 5.96 Å². The number of nitrogens with one attached hydrogen (secondary N) is 2. The molecule has 0 aromatic carbocycles. The minimum atomic E-state index is 0.425. The lowest BCUT2D eigenvalue weighted by atomic mass is 10.1. The second kappa shape index (κ2) is 10.7. The Labute approximate surface area is 159 Å². The Bertz CT molecular complexity index is 696. The van der Waals surface area contributed by atoms with Gasteiger partial charge in [-0.25, -0.2) is 9.98 Å². The van der Waals surface area contributed by atoms with E-state index < -0.39 is 0 Å². The average Bonchev–Trinajstić information content (AvgIpc) is 3.06. The third-order valence-electron chi connectivity index (χ3n) is 3.70. The number of aromatic nitrogens is 2. The van der Waals surface area contributed by atoms with Gasteiger partial charge in [-0.2, -0.15) is 0 Å². The van der Waals surface area contributed by atoms with E-state index in [9.17, 15) is 0 Å². The molecule has 2 N–H and O–H groups in total. The predicted octanol–water partition coefficient (Wildman–Crippen LogP) is 2.98. The highest BCUT2D eigenvalue weighted by molar-refractivity contribution is 6.31. The fourth-order valence-electron chi connectivity index (χ4n) is 2.41. The van der Waals surface area contributed by atoms with Crippen LogP contribution in [-0.4, -0.2) is 35.8 Å². The molecule has 0 saturated carbocycles. The van der Waals surface area contributed by atoms with Crippen LogP contribution in [0.15, 0.2) is 27.8 Å². The molecule has 26 heavy (non-hydrogen) atoms. The molecule has 0 amide bonds. The number of rotatable bonds is 9. The van der Waals surface area contributed by atoms with Crippen LogP contribution in [0.1, 0.15) is 37.8 Å². The predicted molar refractivity (Wildman–Crippen MR) is 103 cm³/mol. The van der Waals surface area contributed by atoms with Crippen LogP contribution in [-0.2, 0) is 19.4 Å². The third kappa shape index (κ3) is 5.62. The van der Waals surface area contributed by atoms with Crippen LogP contribution in [0.5, 0.6) is 5.88 Å². The minimum Gasteiger partial charge on any atom is -0.475 e. The van der Waals surface area contributed by atoms with E-state index in [1.165, 1.54) is 0 Å². The first kappa shape index (κ1) is 20.0. The number of aliphatic imine (C=N–C) groups is 1. The van der Waals surface area contributed by atoms with Gasteiger partial charge in [0.1, 0.15) is 17.4 Å². The van der Waals surface area contributed by atoms with Gasteiger partial charge >= 0.3 is 0 Å². The molecule has 0 fully saturated rings. The van der Waals surface area contributed by atoms with E-state index in [1.807, 2.05) is 6.92 Å². The molecule has 0 spiro atoms. The summed E-state index contributed by atoms with van der Waals surface area (Å²) in [5.41, 5.74) is 2.04.